The van der Waals surface area contributed by atoms with Gasteiger partial charge >= 0.3 is 6.18 Å². The van der Waals surface area contributed by atoms with E-state index in [9.17, 15) is 13.2 Å². The first kappa shape index (κ1) is 16.3. The van der Waals surface area contributed by atoms with Crippen molar-refractivity contribution < 1.29 is 13.2 Å². The summed E-state index contributed by atoms with van der Waals surface area (Å²) in [5, 5.41) is 0.110. The van der Waals surface area contributed by atoms with Gasteiger partial charge in [-0.25, -0.2) is 0 Å². The van der Waals surface area contributed by atoms with Gasteiger partial charge in [-0.3, -0.25) is 4.98 Å². The lowest BCUT2D eigenvalue weighted by Crippen LogP contribution is -2.09. The van der Waals surface area contributed by atoms with Crippen LogP contribution in [0.1, 0.15) is 5.56 Å². The summed E-state index contributed by atoms with van der Waals surface area (Å²) < 4.78 is 41.6. The summed E-state index contributed by atoms with van der Waals surface area (Å²) in [5.41, 5.74) is 2.06. The quantitative estimate of drug-likeness (QED) is 0.398. The Kier molecular flexibility index (Phi) is 3.96. The van der Waals surface area contributed by atoms with Gasteiger partial charge in [-0.1, -0.05) is 72.8 Å². The number of hydrogen-bond acceptors (Lipinski definition) is 1. The van der Waals surface area contributed by atoms with E-state index in [1.54, 1.807) is 42.5 Å². The molecule has 0 aliphatic heterocycles. The van der Waals surface area contributed by atoms with Gasteiger partial charge in [0.1, 0.15) is 0 Å². The predicted molar refractivity (Wildman–Crippen MR) is 97.6 cm³/mol. The van der Waals surface area contributed by atoms with Crippen LogP contribution in [0.5, 0.6) is 0 Å². The first-order chi connectivity index (χ1) is 12.5. The largest absolute Gasteiger partial charge is 0.417 e. The van der Waals surface area contributed by atoms with E-state index in [4.69, 9.17) is 0 Å². The Hall–Kier alpha value is -3.14. The molecule has 0 atom stereocenters. The Morgan fingerprint density at radius 3 is 1.88 bits per heavy atom. The molecule has 26 heavy (non-hydrogen) atoms. The number of benzene rings is 3. The fourth-order valence-electron chi connectivity index (χ4n) is 3.15. The van der Waals surface area contributed by atoms with Crippen molar-refractivity contribution in [1.29, 1.82) is 0 Å². The summed E-state index contributed by atoms with van der Waals surface area (Å²) >= 11 is 0. The van der Waals surface area contributed by atoms with Crippen LogP contribution in [-0.2, 0) is 6.18 Å². The molecular formula is C22H14F3N. The van der Waals surface area contributed by atoms with E-state index in [1.165, 1.54) is 12.3 Å². The molecule has 4 aromatic rings. The Morgan fingerprint density at radius 2 is 1.27 bits per heavy atom. The molecule has 0 N–H and O–H groups in total. The average molecular weight is 349 g/mol. The summed E-state index contributed by atoms with van der Waals surface area (Å²) in [6, 6.07) is 23.0. The number of alkyl halides is 3. The van der Waals surface area contributed by atoms with Crippen LogP contribution in [0.3, 0.4) is 0 Å². The minimum atomic E-state index is -4.47. The lowest BCUT2D eigenvalue weighted by Gasteiger charge is -2.16. The Balaban J connectivity index is 1.96. The molecule has 0 bridgehead atoms. The fraction of sp³-hybridized carbons (Fsp3) is 0.0455. The van der Waals surface area contributed by atoms with E-state index in [2.05, 4.69) is 4.98 Å². The molecule has 0 aliphatic carbocycles. The standard InChI is InChI=1S/C22H14F3N/c23-22(24,25)21-18-12-11-17(15-7-3-1-4-8-15)13-20(18)26-14-19(21)16-9-5-2-6-10-16/h1-14H. The summed E-state index contributed by atoms with van der Waals surface area (Å²) in [6.45, 7) is 0. The van der Waals surface area contributed by atoms with Crippen molar-refractivity contribution in [2.45, 2.75) is 6.18 Å². The van der Waals surface area contributed by atoms with Crippen molar-refractivity contribution in [2.75, 3.05) is 0 Å². The smallest absolute Gasteiger partial charge is 0.256 e. The van der Waals surface area contributed by atoms with Crippen LogP contribution in [-0.4, -0.2) is 4.98 Å². The minimum absolute atomic E-state index is 0.0954. The van der Waals surface area contributed by atoms with Crippen LogP contribution in [0.15, 0.2) is 85.1 Å². The maximum atomic E-state index is 13.9. The predicted octanol–water partition coefficient (Wildman–Crippen LogP) is 6.59. The highest BCUT2D eigenvalue weighted by molar-refractivity contribution is 5.92. The number of fused-ring (bicyclic) bond motifs is 1. The first-order valence-electron chi connectivity index (χ1n) is 8.15. The molecule has 0 aliphatic rings. The highest BCUT2D eigenvalue weighted by atomic mass is 19.4. The molecule has 128 valence electrons. The Morgan fingerprint density at radius 1 is 0.654 bits per heavy atom. The zero-order valence-corrected chi connectivity index (χ0v) is 13.7. The van der Waals surface area contributed by atoms with Crippen LogP contribution in [0, 0.1) is 0 Å². The second-order valence-corrected chi connectivity index (χ2v) is 6.01. The van der Waals surface area contributed by atoms with Gasteiger partial charge in [0.25, 0.3) is 0 Å². The van der Waals surface area contributed by atoms with Crippen molar-refractivity contribution in [3.8, 4) is 22.3 Å². The third kappa shape index (κ3) is 2.94. The van der Waals surface area contributed by atoms with Crippen LogP contribution in [0.25, 0.3) is 33.2 Å². The molecule has 0 fully saturated rings. The second kappa shape index (κ2) is 6.30. The van der Waals surface area contributed by atoms with E-state index in [0.717, 1.165) is 11.1 Å². The van der Waals surface area contributed by atoms with Crippen molar-refractivity contribution >= 4 is 10.9 Å². The van der Waals surface area contributed by atoms with Crippen molar-refractivity contribution in [3.63, 3.8) is 0 Å². The molecular weight excluding hydrogens is 335 g/mol. The average Bonchev–Trinajstić information content (AvgIpc) is 2.67. The third-order valence-corrected chi connectivity index (χ3v) is 4.34. The molecule has 0 spiro atoms. The lowest BCUT2D eigenvalue weighted by atomic mass is 9.95. The van der Waals surface area contributed by atoms with E-state index in [0.29, 0.717) is 11.1 Å². The zero-order chi connectivity index (χ0) is 18.1. The van der Waals surface area contributed by atoms with Gasteiger partial charge in [-0.15, -0.1) is 0 Å². The second-order valence-electron chi connectivity index (χ2n) is 6.01. The molecule has 0 saturated heterocycles. The highest BCUT2D eigenvalue weighted by Crippen LogP contribution is 2.41. The molecule has 1 nitrogen and oxygen atoms in total. The molecule has 1 aromatic heterocycles. The first-order valence-corrected chi connectivity index (χ1v) is 8.15. The summed E-state index contributed by atoms with van der Waals surface area (Å²) in [7, 11) is 0. The van der Waals surface area contributed by atoms with Gasteiger partial charge in [0.15, 0.2) is 0 Å². The van der Waals surface area contributed by atoms with Crippen LogP contribution < -0.4 is 0 Å². The number of hydrogen-bond donors (Lipinski definition) is 0. The van der Waals surface area contributed by atoms with E-state index in [-0.39, 0.29) is 10.9 Å². The maximum Gasteiger partial charge on any atom is 0.417 e. The molecule has 0 unspecified atom stereocenters. The van der Waals surface area contributed by atoms with E-state index < -0.39 is 11.7 Å². The normalized spacial score (nSPS) is 11.7. The monoisotopic (exact) mass is 349 g/mol. The lowest BCUT2D eigenvalue weighted by molar-refractivity contribution is -0.135. The van der Waals surface area contributed by atoms with Gasteiger partial charge in [0.05, 0.1) is 11.1 Å². The Bertz CT molecular complexity index is 1060. The van der Waals surface area contributed by atoms with Gasteiger partial charge in [-0.2, -0.15) is 13.2 Å². The van der Waals surface area contributed by atoms with Crippen molar-refractivity contribution in [3.05, 3.63) is 90.6 Å². The molecule has 4 rings (SSSR count). The highest BCUT2D eigenvalue weighted by Gasteiger charge is 2.36. The summed E-state index contributed by atoms with van der Waals surface area (Å²) in [5.74, 6) is 0. The van der Waals surface area contributed by atoms with E-state index >= 15 is 0 Å². The van der Waals surface area contributed by atoms with Gasteiger partial charge in [-0.05, 0) is 22.8 Å². The number of nitrogens with zero attached hydrogens (tertiary/aromatic N) is 1. The van der Waals surface area contributed by atoms with Gasteiger partial charge in [0, 0.05) is 17.1 Å². The van der Waals surface area contributed by atoms with E-state index in [1.807, 2.05) is 30.3 Å². The number of halogens is 3. The molecule has 0 saturated carbocycles. The fourth-order valence-corrected chi connectivity index (χ4v) is 3.15. The number of pyridine rings is 1. The van der Waals surface area contributed by atoms with Crippen molar-refractivity contribution in [1.82, 2.24) is 4.98 Å². The SMILES string of the molecule is FC(F)(F)c1c(-c2ccccc2)cnc2cc(-c3ccccc3)ccc12. The topological polar surface area (TPSA) is 12.9 Å². The Labute approximate surface area is 148 Å². The van der Waals surface area contributed by atoms with Crippen LogP contribution >= 0.6 is 0 Å². The number of aromatic nitrogens is 1. The van der Waals surface area contributed by atoms with Crippen molar-refractivity contribution in [2.24, 2.45) is 0 Å². The summed E-state index contributed by atoms with van der Waals surface area (Å²) in [6.07, 6.45) is -3.16. The zero-order valence-electron chi connectivity index (χ0n) is 13.7. The van der Waals surface area contributed by atoms with Gasteiger partial charge < -0.3 is 0 Å². The maximum absolute atomic E-state index is 13.9. The molecule has 0 amide bonds. The van der Waals surface area contributed by atoms with Gasteiger partial charge in [0.2, 0.25) is 0 Å². The molecule has 0 radical (unpaired) electrons. The molecule has 3 aromatic carbocycles. The van der Waals surface area contributed by atoms with Crippen LogP contribution in [0.4, 0.5) is 13.2 Å². The minimum Gasteiger partial charge on any atom is -0.256 e. The number of rotatable bonds is 2. The summed E-state index contributed by atoms with van der Waals surface area (Å²) in [4.78, 5) is 4.32. The molecule has 4 heteroatoms. The van der Waals surface area contributed by atoms with Crippen LogP contribution in [0.2, 0.25) is 0 Å². The molecule has 1 heterocycles. The third-order valence-electron chi connectivity index (χ3n) is 4.34.